The van der Waals surface area contributed by atoms with Crippen molar-refractivity contribution < 1.29 is 14.3 Å². The monoisotopic (exact) mass is 275 g/mol. The maximum Gasteiger partial charge on any atom is 0.329 e. The van der Waals surface area contributed by atoms with E-state index < -0.39 is 11.6 Å². The van der Waals surface area contributed by atoms with Gasteiger partial charge in [-0.05, 0) is 39.2 Å². The molecule has 108 valence electrons. The van der Waals surface area contributed by atoms with E-state index in [0.29, 0.717) is 12.8 Å². The van der Waals surface area contributed by atoms with Crippen LogP contribution in [0.2, 0.25) is 0 Å². The van der Waals surface area contributed by atoms with Crippen molar-refractivity contribution in [1.29, 1.82) is 0 Å². The Bertz CT molecular complexity index is 490. The van der Waals surface area contributed by atoms with Crippen LogP contribution >= 0.6 is 0 Å². The summed E-state index contributed by atoms with van der Waals surface area (Å²) in [7, 11) is 0. The topological polar surface area (TPSA) is 55.4 Å². The summed E-state index contributed by atoms with van der Waals surface area (Å²) in [6.07, 6.45) is 1.16. The SMILES string of the molecule is CC(C)(C)OC(=O)[C@@H]1C[C@@H](Cc2ccccc2)C(=O)N1. The molecule has 1 N–H and O–H groups in total. The van der Waals surface area contributed by atoms with Crippen molar-refractivity contribution in [3.63, 3.8) is 0 Å². The van der Waals surface area contributed by atoms with Gasteiger partial charge in [0.1, 0.15) is 11.6 Å². The van der Waals surface area contributed by atoms with E-state index in [-0.39, 0.29) is 17.8 Å². The molecule has 1 aromatic carbocycles. The number of rotatable bonds is 3. The van der Waals surface area contributed by atoms with E-state index in [1.165, 1.54) is 0 Å². The zero-order valence-electron chi connectivity index (χ0n) is 12.2. The molecule has 0 saturated carbocycles. The highest BCUT2D eigenvalue weighted by molar-refractivity contribution is 5.90. The Labute approximate surface area is 119 Å². The van der Waals surface area contributed by atoms with E-state index in [1.54, 1.807) is 0 Å². The smallest absolute Gasteiger partial charge is 0.329 e. The van der Waals surface area contributed by atoms with Gasteiger partial charge < -0.3 is 10.1 Å². The van der Waals surface area contributed by atoms with E-state index in [1.807, 2.05) is 51.1 Å². The molecule has 20 heavy (non-hydrogen) atoms. The fourth-order valence-electron chi connectivity index (χ4n) is 2.34. The van der Waals surface area contributed by atoms with Crippen molar-refractivity contribution in [2.45, 2.75) is 45.3 Å². The van der Waals surface area contributed by atoms with Gasteiger partial charge in [-0.1, -0.05) is 30.3 Å². The summed E-state index contributed by atoms with van der Waals surface area (Å²) >= 11 is 0. The molecule has 0 aliphatic carbocycles. The summed E-state index contributed by atoms with van der Waals surface area (Å²) in [5.41, 5.74) is 0.580. The standard InChI is InChI=1S/C16H21NO3/c1-16(2,3)20-15(19)13-10-12(14(18)17-13)9-11-7-5-4-6-8-11/h4-8,12-13H,9-10H2,1-3H3,(H,17,18)/t12-,13+/m1/s1. The van der Waals surface area contributed by atoms with E-state index in [2.05, 4.69) is 5.32 Å². The molecule has 2 rings (SSSR count). The van der Waals surface area contributed by atoms with Crippen LogP contribution in [0, 0.1) is 5.92 Å². The van der Waals surface area contributed by atoms with Crippen molar-refractivity contribution in [2.75, 3.05) is 0 Å². The Morgan fingerprint density at radius 3 is 2.55 bits per heavy atom. The first kappa shape index (κ1) is 14.6. The third-order valence-corrected chi connectivity index (χ3v) is 3.22. The van der Waals surface area contributed by atoms with Crippen molar-refractivity contribution in [2.24, 2.45) is 5.92 Å². The quantitative estimate of drug-likeness (QED) is 0.859. The van der Waals surface area contributed by atoms with Crippen LogP contribution in [0.25, 0.3) is 0 Å². The zero-order valence-corrected chi connectivity index (χ0v) is 12.2. The van der Waals surface area contributed by atoms with Crippen LogP contribution in [0.1, 0.15) is 32.8 Å². The first-order valence-corrected chi connectivity index (χ1v) is 6.92. The average Bonchev–Trinajstić information content (AvgIpc) is 2.70. The lowest BCUT2D eigenvalue weighted by molar-refractivity contribution is -0.157. The van der Waals surface area contributed by atoms with Crippen LogP contribution in [0.4, 0.5) is 0 Å². The molecule has 0 radical (unpaired) electrons. The number of carbonyl (C=O) groups excluding carboxylic acids is 2. The Morgan fingerprint density at radius 2 is 1.95 bits per heavy atom. The molecular formula is C16H21NO3. The third-order valence-electron chi connectivity index (χ3n) is 3.22. The number of esters is 1. The minimum absolute atomic E-state index is 0.0651. The molecule has 2 atom stereocenters. The molecule has 0 aromatic heterocycles. The van der Waals surface area contributed by atoms with Gasteiger partial charge in [0.25, 0.3) is 0 Å². The molecule has 0 spiro atoms. The Kier molecular flexibility index (Phi) is 4.12. The normalized spacial score (nSPS) is 22.4. The predicted octanol–water partition coefficient (Wildman–Crippen LogP) is 2.08. The van der Waals surface area contributed by atoms with E-state index in [9.17, 15) is 9.59 Å². The van der Waals surface area contributed by atoms with E-state index >= 15 is 0 Å². The minimum atomic E-state index is -0.528. The maximum absolute atomic E-state index is 12.0. The number of amides is 1. The molecule has 0 bridgehead atoms. The van der Waals surface area contributed by atoms with Gasteiger partial charge in [0.2, 0.25) is 5.91 Å². The number of carbonyl (C=O) groups is 2. The summed E-state index contributed by atoms with van der Waals surface area (Å²) in [6, 6.07) is 9.32. The highest BCUT2D eigenvalue weighted by atomic mass is 16.6. The van der Waals surface area contributed by atoms with Gasteiger partial charge in [-0.25, -0.2) is 4.79 Å². The molecule has 0 unspecified atom stereocenters. The van der Waals surface area contributed by atoms with Crippen LogP contribution in [-0.4, -0.2) is 23.5 Å². The summed E-state index contributed by atoms with van der Waals surface area (Å²) in [5, 5.41) is 2.73. The summed E-state index contributed by atoms with van der Waals surface area (Å²) in [6.45, 7) is 5.47. The van der Waals surface area contributed by atoms with Gasteiger partial charge in [-0.2, -0.15) is 0 Å². The van der Waals surface area contributed by atoms with Gasteiger partial charge in [-0.3, -0.25) is 4.79 Å². The van der Waals surface area contributed by atoms with Crippen LogP contribution in [-0.2, 0) is 20.7 Å². The summed E-state index contributed by atoms with van der Waals surface area (Å²) < 4.78 is 5.31. The van der Waals surface area contributed by atoms with Gasteiger partial charge in [-0.15, -0.1) is 0 Å². The van der Waals surface area contributed by atoms with Gasteiger partial charge in [0, 0.05) is 5.92 Å². The van der Waals surface area contributed by atoms with E-state index in [0.717, 1.165) is 5.56 Å². The van der Waals surface area contributed by atoms with Crippen LogP contribution in [0.3, 0.4) is 0 Å². The van der Waals surface area contributed by atoms with Gasteiger partial charge in [0.05, 0.1) is 0 Å². The first-order chi connectivity index (χ1) is 9.35. The number of ether oxygens (including phenoxy) is 1. The van der Waals surface area contributed by atoms with Gasteiger partial charge in [0.15, 0.2) is 0 Å². The van der Waals surface area contributed by atoms with Crippen LogP contribution in [0.15, 0.2) is 30.3 Å². The number of nitrogens with one attached hydrogen (secondary N) is 1. The number of hydrogen-bond donors (Lipinski definition) is 1. The summed E-state index contributed by atoms with van der Waals surface area (Å²) in [4.78, 5) is 23.9. The maximum atomic E-state index is 12.0. The second-order valence-electron chi connectivity index (χ2n) is 6.22. The van der Waals surface area contributed by atoms with E-state index in [4.69, 9.17) is 4.74 Å². The summed E-state index contributed by atoms with van der Waals surface area (Å²) in [5.74, 6) is -0.568. The molecule has 4 nitrogen and oxygen atoms in total. The predicted molar refractivity (Wildman–Crippen MR) is 76.0 cm³/mol. The fraction of sp³-hybridized carbons (Fsp3) is 0.500. The lowest BCUT2D eigenvalue weighted by atomic mass is 9.96. The van der Waals surface area contributed by atoms with Crippen molar-refractivity contribution in [1.82, 2.24) is 5.32 Å². The number of hydrogen-bond acceptors (Lipinski definition) is 3. The molecular weight excluding hydrogens is 254 g/mol. The molecule has 1 aliphatic heterocycles. The lowest BCUT2D eigenvalue weighted by Gasteiger charge is -2.21. The number of benzene rings is 1. The molecule has 1 aromatic rings. The molecule has 1 aliphatic rings. The highest BCUT2D eigenvalue weighted by Gasteiger charge is 2.38. The van der Waals surface area contributed by atoms with Crippen LogP contribution < -0.4 is 5.32 Å². The fourth-order valence-corrected chi connectivity index (χ4v) is 2.34. The van der Waals surface area contributed by atoms with Crippen molar-refractivity contribution >= 4 is 11.9 Å². The van der Waals surface area contributed by atoms with Crippen LogP contribution in [0.5, 0.6) is 0 Å². The first-order valence-electron chi connectivity index (χ1n) is 6.92. The minimum Gasteiger partial charge on any atom is -0.458 e. The second kappa shape index (κ2) is 5.65. The molecule has 1 amide bonds. The average molecular weight is 275 g/mol. The molecule has 1 saturated heterocycles. The van der Waals surface area contributed by atoms with Crippen molar-refractivity contribution in [3.05, 3.63) is 35.9 Å². The Hall–Kier alpha value is -1.84. The second-order valence-corrected chi connectivity index (χ2v) is 6.22. The zero-order chi connectivity index (χ0) is 14.8. The lowest BCUT2D eigenvalue weighted by Crippen LogP contribution is -2.38. The molecule has 4 heteroatoms. The van der Waals surface area contributed by atoms with Crippen molar-refractivity contribution in [3.8, 4) is 0 Å². The molecule has 1 heterocycles. The molecule has 1 fully saturated rings. The Morgan fingerprint density at radius 1 is 1.30 bits per heavy atom. The Balaban J connectivity index is 1.95. The van der Waals surface area contributed by atoms with Gasteiger partial charge >= 0.3 is 5.97 Å². The largest absolute Gasteiger partial charge is 0.458 e. The third kappa shape index (κ3) is 3.83. The highest BCUT2D eigenvalue weighted by Crippen LogP contribution is 2.22.